The number of carbonyl (C=O) groups is 5. The van der Waals surface area contributed by atoms with E-state index >= 15 is 0 Å². The molecule has 13 heteroatoms. The first-order valence-electron chi connectivity index (χ1n) is 20.6. The largest absolute Gasteiger partial charge is 0.480 e. The number of terminal acetylenes is 1. The second kappa shape index (κ2) is 24.1. The molecule has 9 atom stereocenters. The van der Waals surface area contributed by atoms with E-state index < -0.39 is 60.2 Å². The van der Waals surface area contributed by atoms with Gasteiger partial charge in [-0.05, 0) is 56.2 Å². The van der Waals surface area contributed by atoms with Crippen molar-refractivity contribution in [3.8, 4) is 12.3 Å². The van der Waals surface area contributed by atoms with Crippen LogP contribution in [0.4, 0.5) is 0 Å². The highest BCUT2D eigenvalue weighted by Crippen LogP contribution is 2.30. The number of carboxylic acid groups (broad SMARTS) is 1. The lowest BCUT2D eigenvalue weighted by Crippen LogP contribution is -2.60. The Morgan fingerprint density at radius 3 is 2.14 bits per heavy atom. The molecule has 3 N–H and O–H groups in total. The Labute approximate surface area is 342 Å². The van der Waals surface area contributed by atoms with E-state index in [1.807, 2.05) is 83.8 Å². The zero-order valence-corrected chi connectivity index (χ0v) is 36.3. The van der Waals surface area contributed by atoms with Gasteiger partial charge in [-0.15, -0.1) is 12.3 Å². The second-order valence-electron chi connectivity index (χ2n) is 16.4. The molecule has 1 aliphatic rings. The van der Waals surface area contributed by atoms with Crippen LogP contribution in [0.25, 0.3) is 0 Å². The van der Waals surface area contributed by atoms with Gasteiger partial charge >= 0.3 is 5.97 Å². The van der Waals surface area contributed by atoms with E-state index in [4.69, 9.17) is 15.9 Å². The lowest BCUT2D eigenvalue weighted by Gasteiger charge is -2.41. The fourth-order valence-corrected chi connectivity index (χ4v) is 8.21. The summed E-state index contributed by atoms with van der Waals surface area (Å²) in [5.74, 6) is -0.702. The van der Waals surface area contributed by atoms with Crippen LogP contribution in [0, 0.1) is 36.0 Å². The number of carboxylic acids is 1. The van der Waals surface area contributed by atoms with Gasteiger partial charge in [0.15, 0.2) is 0 Å². The minimum Gasteiger partial charge on any atom is -0.480 e. The molecular weight excluding hydrogens is 727 g/mol. The maximum atomic E-state index is 14.4. The van der Waals surface area contributed by atoms with Crippen molar-refractivity contribution in [3.05, 3.63) is 35.9 Å². The van der Waals surface area contributed by atoms with Gasteiger partial charge < -0.3 is 35.0 Å². The highest BCUT2D eigenvalue weighted by atomic mass is 16.5. The van der Waals surface area contributed by atoms with E-state index in [-0.39, 0.29) is 48.3 Å². The van der Waals surface area contributed by atoms with E-state index in [2.05, 4.69) is 16.6 Å². The summed E-state index contributed by atoms with van der Waals surface area (Å²) in [6, 6.07) is 5.77. The standard InChI is InChI=1S/C44H71N5O8/c1-13-15-19-24-47(9)38(29(5)6)42(52)46-37(28(3)4)43(53)48(10)39(30(7)14-2)35(56-11)27-36(50)49-25-20-23-34(49)40(57-12)31(8)41(51)45-33(44(54)55)26-32-21-17-16-18-22-32/h1,16-18,21-22,28-31,33-35,37-40H,14-15,19-20,23-27H2,2-12H3,(H,45,51)(H,46,52)(H,54,55)/t30-,31+,33-,34-,35+,37-,38-,39-,40+/m0/s1. The summed E-state index contributed by atoms with van der Waals surface area (Å²) in [6.07, 6.45) is 7.56. The monoisotopic (exact) mass is 798 g/mol. The first-order chi connectivity index (χ1) is 26.9. The number of hydrogen-bond donors (Lipinski definition) is 3. The van der Waals surface area contributed by atoms with Gasteiger partial charge in [0.2, 0.25) is 23.6 Å². The number of methoxy groups -OCH3 is 2. The summed E-state index contributed by atoms with van der Waals surface area (Å²) in [5, 5.41) is 15.7. The lowest BCUT2D eigenvalue weighted by atomic mass is 9.89. The molecule has 1 aromatic carbocycles. The quantitative estimate of drug-likeness (QED) is 0.103. The Morgan fingerprint density at radius 2 is 1.61 bits per heavy atom. The minimum atomic E-state index is -1.14. The number of nitrogens with one attached hydrogen (secondary N) is 2. The number of hydrogen-bond acceptors (Lipinski definition) is 8. The maximum Gasteiger partial charge on any atom is 0.326 e. The van der Waals surface area contributed by atoms with E-state index in [1.165, 1.54) is 14.2 Å². The molecule has 0 radical (unpaired) electrons. The van der Waals surface area contributed by atoms with Gasteiger partial charge in [0.05, 0.1) is 42.7 Å². The molecule has 0 aliphatic carbocycles. The molecule has 0 unspecified atom stereocenters. The van der Waals surface area contributed by atoms with Gasteiger partial charge in [0.1, 0.15) is 12.1 Å². The van der Waals surface area contributed by atoms with Crippen molar-refractivity contribution in [3.63, 3.8) is 0 Å². The SMILES string of the molecule is C#CCCCN(C)[C@H](C(=O)N[C@H](C(=O)N(C)[C@@H]([C@@H](C)CC)[C@@H](CC(=O)N1CCC[C@H]1[C@H](OC)[C@@H](C)C(=O)N[C@@H](Cc1ccccc1)C(=O)O)OC)C(C)C)C(C)C. The molecule has 1 heterocycles. The molecule has 4 amide bonds. The molecule has 2 rings (SSSR count). The van der Waals surface area contributed by atoms with Crippen molar-refractivity contribution in [2.45, 2.75) is 136 Å². The molecule has 1 aromatic rings. The van der Waals surface area contributed by atoms with Gasteiger partial charge in [-0.2, -0.15) is 0 Å². The molecule has 1 saturated heterocycles. The molecule has 1 aliphatic heterocycles. The first kappa shape index (κ1) is 49.2. The predicted octanol–water partition coefficient (Wildman–Crippen LogP) is 4.23. The number of likely N-dealkylation sites (tertiary alicyclic amines) is 1. The molecule has 0 saturated carbocycles. The maximum absolute atomic E-state index is 14.4. The van der Waals surface area contributed by atoms with Crippen LogP contribution < -0.4 is 10.6 Å². The Balaban J connectivity index is 2.28. The first-order valence-corrected chi connectivity index (χ1v) is 20.6. The molecule has 1 fully saturated rings. The number of nitrogens with zero attached hydrogens (tertiary/aromatic N) is 3. The molecule has 13 nitrogen and oxygen atoms in total. The van der Waals surface area contributed by atoms with Crippen LogP contribution in [-0.2, 0) is 39.9 Å². The average Bonchev–Trinajstić information content (AvgIpc) is 3.66. The minimum absolute atomic E-state index is 0.0102. The number of aliphatic carboxylic acids is 1. The van der Waals surface area contributed by atoms with E-state index in [0.717, 1.165) is 12.0 Å². The third kappa shape index (κ3) is 13.8. The highest BCUT2D eigenvalue weighted by molar-refractivity contribution is 5.90. The van der Waals surface area contributed by atoms with Crippen LogP contribution in [0.3, 0.4) is 0 Å². The Hall–Kier alpha value is -3.99. The zero-order valence-electron chi connectivity index (χ0n) is 36.3. The lowest BCUT2D eigenvalue weighted by molar-refractivity contribution is -0.148. The van der Waals surface area contributed by atoms with E-state index in [1.54, 1.807) is 23.8 Å². The molecule has 0 bridgehead atoms. The second-order valence-corrected chi connectivity index (χ2v) is 16.4. The van der Waals surface area contributed by atoms with Crippen LogP contribution in [0.15, 0.2) is 30.3 Å². The zero-order chi connectivity index (χ0) is 43.0. The summed E-state index contributed by atoms with van der Waals surface area (Å²) in [4.78, 5) is 73.4. The predicted molar refractivity (Wildman–Crippen MR) is 222 cm³/mol. The average molecular weight is 798 g/mol. The highest BCUT2D eigenvalue weighted by Gasteiger charge is 2.43. The molecular formula is C44H71N5O8. The van der Waals surface area contributed by atoms with Gasteiger partial charge in [0.25, 0.3) is 0 Å². The van der Waals surface area contributed by atoms with Gasteiger partial charge in [-0.3, -0.25) is 24.1 Å². The van der Waals surface area contributed by atoms with E-state index in [9.17, 15) is 29.1 Å². The Kier molecular flexibility index (Phi) is 20.7. The summed E-state index contributed by atoms with van der Waals surface area (Å²) in [6.45, 7) is 14.6. The Bertz CT molecular complexity index is 1480. The summed E-state index contributed by atoms with van der Waals surface area (Å²) in [5.41, 5.74) is 0.782. The van der Waals surface area contributed by atoms with Crippen molar-refractivity contribution < 1.29 is 38.6 Å². The van der Waals surface area contributed by atoms with Crippen molar-refractivity contribution in [2.24, 2.45) is 23.7 Å². The van der Waals surface area contributed by atoms with Gasteiger partial charge in [0, 0.05) is 40.7 Å². The fraction of sp³-hybridized carbons (Fsp3) is 0.705. The number of unbranched alkanes of at least 4 members (excludes halogenated alkanes) is 1. The summed E-state index contributed by atoms with van der Waals surface area (Å²) >= 11 is 0. The van der Waals surface area contributed by atoms with Crippen LogP contribution in [0.1, 0.15) is 92.6 Å². The number of benzene rings is 1. The molecule has 320 valence electrons. The number of rotatable bonds is 24. The topological polar surface area (TPSA) is 158 Å². The number of carbonyl (C=O) groups excluding carboxylic acids is 4. The van der Waals surface area contributed by atoms with Gasteiger partial charge in [-0.1, -0.05) is 85.2 Å². The third-order valence-corrected chi connectivity index (χ3v) is 11.6. The third-order valence-electron chi connectivity index (χ3n) is 11.6. The van der Waals surface area contributed by atoms with Gasteiger partial charge in [-0.25, -0.2) is 4.79 Å². The smallest absolute Gasteiger partial charge is 0.326 e. The van der Waals surface area contributed by atoms with Crippen LogP contribution in [0.5, 0.6) is 0 Å². The summed E-state index contributed by atoms with van der Waals surface area (Å²) < 4.78 is 11.9. The normalized spacial score (nSPS) is 18.5. The number of ether oxygens (including phenoxy) is 2. The van der Waals surface area contributed by atoms with Crippen LogP contribution in [-0.4, -0.2) is 133 Å². The number of likely N-dealkylation sites (N-methyl/N-ethyl adjacent to an activating group) is 2. The molecule has 57 heavy (non-hydrogen) atoms. The number of amides is 4. The van der Waals surface area contributed by atoms with Crippen molar-refractivity contribution in [1.82, 2.24) is 25.3 Å². The van der Waals surface area contributed by atoms with Crippen LogP contribution in [0.2, 0.25) is 0 Å². The Morgan fingerprint density at radius 1 is 0.965 bits per heavy atom. The molecule has 0 spiro atoms. The fourth-order valence-electron chi connectivity index (χ4n) is 8.21. The summed E-state index contributed by atoms with van der Waals surface area (Å²) in [7, 11) is 6.65. The van der Waals surface area contributed by atoms with Crippen LogP contribution >= 0.6 is 0 Å². The molecule has 0 aromatic heterocycles. The van der Waals surface area contributed by atoms with Crippen molar-refractivity contribution in [1.29, 1.82) is 0 Å². The van der Waals surface area contributed by atoms with Crippen molar-refractivity contribution >= 4 is 29.6 Å². The van der Waals surface area contributed by atoms with E-state index in [0.29, 0.717) is 38.8 Å². The van der Waals surface area contributed by atoms with Crippen molar-refractivity contribution in [2.75, 3.05) is 41.4 Å².